The van der Waals surface area contributed by atoms with Crippen LogP contribution < -0.4 is 20.3 Å². The minimum absolute atomic E-state index is 0.0494. The molecule has 2 heterocycles. The van der Waals surface area contributed by atoms with Crippen molar-refractivity contribution in [1.82, 2.24) is 4.90 Å². The molecule has 0 aromatic heterocycles. The second-order valence-electron chi connectivity index (χ2n) is 6.82. The van der Waals surface area contributed by atoms with Gasteiger partial charge in [0, 0.05) is 50.0 Å². The number of hydrogen-bond donors (Lipinski definition) is 1. The molecule has 1 unspecified atom stereocenters. The van der Waals surface area contributed by atoms with Crippen LogP contribution in [0.25, 0.3) is 0 Å². The van der Waals surface area contributed by atoms with E-state index in [1.165, 1.54) is 11.4 Å². The summed E-state index contributed by atoms with van der Waals surface area (Å²) in [5, 5.41) is 0.786. The summed E-state index contributed by atoms with van der Waals surface area (Å²) in [6.45, 7) is 6.13. The number of anilines is 2. The SMILES string of the molecule is COc1cccc2c1SC(N)N2CCN1CCN(c2ccc(Cl)cc2)CC1. The van der Waals surface area contributed by atoms with Crippen molar-refractivity contribution in [1.29, 1.82) is 0 Å². The van der Waals surface area contributed by atoms with Crippen molar-refractivity contribution < 1.29 is 4.74 Å². The summed E-state index contributed by atoms with van der Waals surface area (Å²) in [5.74, 6) is 0.909. The summed E-state index contributed by atoms with van der Waals surface area (Å²) < 4.78 is 5.48. The second-order valence-corrected chi connectivity index (χ2v) is 8.38. The molecular formula is C20H25ClN4OS. The third kappa shape index (κ3) is 3.99. The lowest BCUT2D eigenvalue weighted by Crippen LogP contribution is -2.49. The minimum atomic E-state index is -0.0494. The first-order chi connectivity index (χ1) is 13.2. The number of piperazine rings is 1. The van der Waals surface area contributed by atoms with E-state index >= 15 is 0 Å². The lowest BCUT2D eigenvalue weighted by molar-refractivity contribution is 0.262. The zero-order valence-corrected chi connectivity index (χ0v) is 17.0. The van der Waals surface area contributed by atoms with Crippen LogP contribution in [0.1, 0.15) is 0 Å². The molecule has 0 aliphatic carbocycles. The van der Waals surface area contributed by atoms with Gasteiger partial charge in [-0.2, -0.15) is 0 Å². The molecule has 2 aliphatic rings. The first-order valence-corrected chi connectivity index (χ1v) is 10.5. The van der Waals surface area contributed by atoms with E-state index in [1.54, 1.807) is 18.9 Å². The molecular weight excluding hydrogens is 380 g/mol. The van der Waals surface area contributed by atoms with Crippen LogP contribution in [0.5, 0.6) is 5.75 Å². The maximum atomic E-state index is 6.37. The van der Waals surface area contributed by atoms with Gasteiger partial charge in [-0.3, -0.25) is 4.90 Å². The summed E-state index contributed by atoms with van der Waals surface area (Å²) in [5.41, 5.74) is 8.76. The van der Waals surface area contributed by atoms with E-state index in [2.05, 4.69) is 32.9 Å². The van der Waals surface area contributed by atoms with Gasteiger partial charge in [0.15, 0.2) is 0 Å². The van der Waals surface area contributed by atoms with Crippen LogP contribution >= 0.6 is 23.4 Å². The van der Waals surface area contributed by atoms with E-state index < -0.39 is 0 Å². The zero-order chi connectivity index (χ0) is 18.8. The largest absolute Gasteiger partial charge is 0.496 e. The first-order valence-electron chi connectivity index (χ1n) is 9.24. The number of ether oxygens (including phenoxy) is 1. The van der Waals surface area contributed by atoms with Gasteiger partial charge in [0.2, 0.25) is 0 Å². The smallest absolute Gasteiger partial charge is 0.134 e. The monoisotopic (exact) mass is 404 g/mol. The highest BCUT2D eigenvalue weighted by Crippen LogP contribution is 2.46. The summed E-state index contributed by atoms with van der Waals surface area (Å²) >= 11 is 7.67. The van der Waals surface area contributed by atoms with Gasteiger partial charge >= 0.3 is 0 Å². The van der Waals surface area contributed by atoms with Crippen LogP contribution in [0, 0.1) is 0 Å². The van der Waals surface area contributed by atoms with Crippen molar-refractivity contribution in [3.8, 4) is 5.75 Å². The number of hydrogen-bond acceptors (Lipinski definition) is 6. The maximum absolute atomic E-state index is 6.37. The molecule has 144 valence electrons. The third-order valence-corrected chi connectivity index (χ3v) is 6.65. The normalized spacial score (nSPS) is 20.0. The number of rotatable bonds is 5. The van der Waals surface area contributed by atoms with E-state index in [-0.39, 0.29) is 5.50 Å². The Morgan fingerprint density at radius 2 is 1.81 bits per heavy atom. The van der Waals surface area contributed by atoms with Gasteiger partial charge < -0.3 is 20.3 Å². The van der Waals surface area contributed by atoms with Crippen molar-refractivity contribution in [2.24, 2.45) is 5.73 Å². The summed E-state index contributed by atoms with van der Waals surface area (Å²) in [4.78, 5) is 8.38. The highest BCUT2D eigenvalue weighted by molar-refractivity contribution is 8.00. The summed E-state index contributed by atoms with van der Waals surface area (Å²) in [6.07, 6.45) is 0. The van der Waals surface area contributed by atoms with Gasteiger partial charge in [0.25, 0.3) is 0 Å². The lowest BCUT2D eigenvalue weighted by Gasteiger charge is -2.37. The predicted molar refractivity (Wildman–Crippen MR) is 114 cm³/mol. The molecule has 0 bridgehead atoms. The van der Waals surface area contributed by atoms with Crippen molar-refractivity contribution in [2.75, 3.05) is 56.2 Å². The van der Waals surface area contributed by atoms with Gasteiger partial charge in [-0.05, 0) is 36.4 Å². The average Bonchev–Trinajstić information content (AvgIpc) is 3.02. The molecule has 27 heavy (non-hydrogen) atoms. The van der Waals surface area contributed by atoms with Gasteiger partial charge in [0.05, 0.1) is 17.7 Å². The Morgan fingerprint density at radius 3 is 2.52 bits per heavy atom. The Labute approximate surface area is 170 Å². The molecule has 2 aromatic rings. The fourth-order valence-electron chi connectivity index (χ4n) is 3.71. The molecule has 7 heteroatoms. The van der Waals surface area contributed by atoms with E-state index in [0.29, 0.717) is 0 Å². The van der Waals surface area contributed by atoms with E-state index in [0.717, 1.165) is 54.9 Å². The fourth-order valence-corrected chi connectivity index (χ4v) is 5.00. The van der Waals surface area contributed by atoms with Gasteiger partial charge in [-0.1, -0.05) is 29.4 Å². The second kappa shape index (κ2) is 8.19. The molecule has 0 spiro atoms. The minimum Gasteiger partial charge on any atom is -0.496 e. The first kappa shape index (κ1) is 18.7. The number of methoxy groups -OCH3 is 1. The van der Waals surface area contributed by atoms with Gasteiger partial charge in [0.1, 0.15) is 11.2 Å². The van der Waals surface area contributed by atoms with Crippen LogP contribution in [0.3, 0.4) is 0 Å². The number of nitrogens with two attached hydrogens (primary N) is 1. The van der Waals surface area contributed by atoms with E-state index in [4.69, 9.17) is 22.1 Å². The maximum Gasteiger partial charge on any atom is 0.134 e. The quantitative estimate of drug-likeness (QED) is 0.824. The zero-order valence-electron chi connectivity index (χ0n) is 15.5. The topological polar surface area (TPSA) is 45.0 Å². The van der Waals surface area contributed by atoms with Gasteiger partial charge in [-0.25, -0.2) is 0 Å². The number of nitrogens with zero attached hydrogens (tertiary/aromatic N) is 3. The number of fused-ring (bicyclic) bond motifs is 1. The highest BCUT2D eigenvalue weighted by atomic mass is 35.5. The third-order valence-electron chi connectivity index (χ3n) is 5.25. The molecule has 0 amide bonds. The van der Waals surface area contributed by atoms with E-state index in [1.807, 2.05) is 24.3 Å². The number of benzene rings is 2. The molecule has 2 N–H and O–H groups in total. The van der Waals surface area contributed by atoms with Crippen LogP contribution in [0.2, 0.25) is 5.02 Å². The van der Waals surface area contributed by atoms with E-state index in [9.17, 15) is 0 Å². The van der Waals surface area contributed by atoms with Crippen LogP contribution in [0.15, 0.2) is 47.4 Å². The Hall–Kier alpha value is -1.60. The standard InChI is InChI=1S/C20H25ClN4OS/c1-26-18-4-2-3-17-19(18)27-20(22)25(17)14-11-23-9-12-24(13-10-23)16-7-5-15(21)6-8-16/h2-8,20H,9-14,22H2,1H3. The molecule has 1 fully saturated rings. The number of thioether (sulfide) groups is 1. The Morgan fingerprint density at radius 1 is 1.07 bits per heavy atom. The summed E-state index contributed by atoms with van der Waals surface area (Å²) in [6, 6.07) is 14.3. The van der Waals surface area contributed by atoms with Crippen molar-refractivity contribution in [3.05, 3.63) is 47.5 Å². The Bertz CT molecular complexity index is 780. The number of halogens is 1. The predicted octanol–water partition coefficient (Wildman–Crippen LogP) is 3.33. The Kier molecular flexibility index (Phi) is 5.68. The fraction of sp³-hybridized carbons (Fsp3) is 0.400. The molecule has 4 rings (SSSR count). The lowest BCUT2D eigenvalue weighted by atomic mass is 10.2. The average molecular weight is 405 g/mol. The molecule has 2 aromatic carbocycles. The van der Waals surface area contributed by atoms with Crippen LogP contribution in [-0.2, 0) is 0 Å². The van der Waals surface area contributed by atoms with Crippen molar-refractivity contribution in [3.63, 3.8) is 0 Å². The van der Waals surface area contributed by atoms with Crippen LogP contribution in [-0.4, -0.2) is 56.8 Å². The molecule has 0 saturated carbocycles. The van der Waals surface area contributed by atoms with Crippen molar-refractivity contribution in [2.45, 2.75) is 10.4 Å². The highest BCUT2D eigenvalue weighted by Gasteiger charge is 2.30. The van der Waals surface area contributed by atoms with Gasteiger partial charge in [-0.15, -0.1) is 0 Å². The molecule has 2 aliphatic heterocycles. The Balaban J connectivity index is 1.33. The molecule has 5 nitrogen and oxygen atoms in total. The van der Waals surface area contributed by atoms with Crippen molar-refractivity contribution >= 4 is 34.7 Å². The molecule has 1 atom stereocenters. The van der Waals surface area contributed by atoms with Crippen LogP contribution in [0.4, 0.5) is 11.4 Å². The summed E-state index contributed by atoms with van der Waals surface area (Å²) in [7, 11) is 1.71. The molecule has 0 radical (unpaired) electrons. The molecule has 1 saturated heterocycles.